The number of rotatable bonds is 6. The van der Waals surface area contributed by atoms with Crippen LogP contribution in [0, 0.1) is 0 Å². The van der Waals surface area contributed by atoms with E-state index in [1.807, 2.05) is 30.3 Å². The molecule has 0 radical (unpaired) electrons. The van der Waals surface area contributed by atoms with Crippen molar-refractivity contribution in [1.29, 1.82) is 0 Å². The maximum Gasteiger partial charge on any atom is 0.253 e. The molecule has 0 fully saturated rings. The second kappa shape index (κ2) is 9.92. The molecule has 4 nitrogen and oxygen atoms in total. The minimum absolute atomic E-state index is 0.0343. The molecule has 3 rings (SSSR count). The van der Waals surface area contributed by atoms with Crippen molar-refractivity contribution in [1.82, 2.24) is 5.32 Å². The number of benzene rings is 3. The molecular formula is C22H17BrCl2N2O2. The van der Waals surface area contributed by atoms with Gasteiger partial charge in [0.2, 0.25) is 5.91 Å². The monoisotopic (exact) mass is 490 g/mol. The van der Waals surface area contributed by atoms with Crippen LogP contribution in [-0.4, -0.2) is 11.8 Å². The zero-order valence-electron chi connectivity index (χ0n) is 15.2. The fourth-order valence-corrected chi connectivity index (χ4v) is 3.74. The van der Waals surface area contributed by atoms with Gasteiger partial charge in [0.05, 0.1) is 33.8 Å². The molecule has 3 aromatic carbocycles. The molecule has 0 heterocycles. The summed E-state index contributed by atoms with van der Waals surface area (Å²) >= 11 is 15.6. The highest BCUT2D eigenvalue weighted by Gasteiger charge is 2.21. The number of anilines is 1. The van der Waals surface area contributed by atoms with Crippen LogP contribution >= 0.6 is 39.1 Å². The molecule has 0 spiro atoms. The van der Waals surface area contributed by atoms with Crippen LogP contribution in [0.5, 0.6) is 0 Å². The van der Waals surface area contributed by atoms with Gasteiger partial charge >= 0.3 is 0 Å². The van der Waals surface area contributed by atoms with Crippen molar-refractivity contribution in [3.63, 3.8) is 0 Å². The Hall–Kier alpha value is -2.34. The summed E-state index contributed by atoms with van der Waals surface area (Å²) in [5.41, 5.74) is 1.67. The first-order valence-corrected chi connectivity index (χ1v) is 10.3. The number of amides is 2. The minimum atomic E-state index is -0.533. The molecule has 0 aliphatic heterocycles. The molecule has 0 aliphatic rings. The van der Waals surface area contributed by atoms with Gasteiger partial charge in [-0.25, -0.2) is 0 Å². The molecule has 148 valence electrons. The lowest BCUT2D eigenvalue weighted by molar-refractivity contribution is -0.116. The fraction of sp³-hybridized carbons (Fsp3) is 0.0909. The molecule has 0 aliphatic carbocycles. The number of hydrogen-bond acceptors (Lipinski definition) is 2. The molecule has 7 heteroatoms. The predicted molar refractivity (Wildman–Crippen MR) is 120 cm³/mol. The molecule has 1 atom stereocenters. The third-order valence-electron chi connectivity index (χ3n) is 4.22. The lowest BCUT2D eigenvalue weighted by Gasteiger charge is -2.20. The van der Waals surface area contributed by atoms with Crippen LogP contribution in [0.2, 0.25) is 10.0 Å². The van der Waals surface area contributed by atoms with E-state index in [0.29, 0.717) is 21.3 Å². The van der Waals surface area contributed by atoms with Crippen molar-refractivity contribution in [2.45, 2.75) is 12.5 Å². The van der Waals surface area contributed by atoms with Gasteiger partial charge in [-0.3, -0.25) is 9.59 Å². The van der Waals surface area contributed by atoms with Crippen molar-refractivity contribution in [3.8, 4) is 0 Å². The number of carbonyl (C=O) groups is 2. The standard InChI is InChI=1S/C22H17BrCl2N2O2/c23-15-10-11-19(18(25)12-15)26-21(28)13-20(14-6-2-1-3-7-14)27-22(29)16-8-4-5-9-17(16)24/h1-12,20H,13H2,(H,26,28)(H,27,29). The maximum atomic E-state index is 12.7. The van der Waals surface area contributed by atoms with Gasteiger partial charge in [-0.05, 0) is 35.9 Å². The van der Waals surface area contributed by atoms with E-state index in [2.05, 4.69) is 26.6 Å². The van der Waals surface area contributed by atoms with Crippen molar-refractivity contribution in [2.75, 3.05) is 5.32 Å². The molecule has 2 N–H and O–H groups in total. The zero-order valence-corrected chi connectivity index (χ0v) is 18.3. The Bertz CT molecular complexity index is 1030. The highest BCUT2D eigenvalue weighted by molar-refractivity contribution is 9.10. The second-order valence-corrected chi connectivity index (χ2v) is 8.02. The van der Waals surface area contributed by atoms with E-state index in [9.17, 15) is 9.59 Å². The number of hydrogen-bond donors (Lipinski definition) is 2. The summed E-state index contributed by atoms with van der Waals surface area (Å²) in [6.45, 7) is 0. The Labute approximate surface area is 187 Å². The first-order valence-electron chi connectivity index (χ1n) is 8.79. The van der Waals surface area contributed by atoms with Gasteiger partial charge in [-0.1, -0.05) is 81.6 Å². The quantitative estimate of drug-likeness (QED) is 0.427. The van der Waals surface area contributed by atoms with Gasteiger partial charge < -0.3 is 10.6 Å². The number of nitrogens with one attached hydrogen (secondary N) is 2. The summed E-state index contributed by atoms with van der Waals surface area (Å²) < 4.78 is 0.815. The van der Waals surface area contributed by atoms with Gasteiger partial charge in [-0.2, -0.15) is 0 Å². The summed E-state index contributed by atoms with van der Waals surface area (Å²) in [7, 11) is 0. The molecule has 2 amide bonds. The van der Waals surface area contributed by atoms with E-state index in [1.165, 1.54) is 0 Å². The maximum absolute atomic E-state index is 12.7. The van der Waals surface area contributed by atoms with E-state index in [4.69, 9.17) is 23.2 Å². The van der Waals surface area contributed by atoms with Crippen LogP contribution in [0.3, 0.4) is 0 Å². The molecular weight excluding hydrogens is 475 g/mol. The summed E-state index contributed by atoms with van der Waals surface area (Å²) in [6, 6.07) is 20.7. The molecule has 0 aromatic heterocycles. The Balaban J connectivity index is 1.78. The normalized spacial score (nSPS) is 11.6. The van der Waals surface area contributed by atoms with Crippen LogP contribution in [-0.2, 0) is 4.79 Å². The lowest BCUT2D eigenvalue weighted by atomic mass is 10.0. The van der Waals surface area contributed by atoms with Gasteiger partial charge in [0.1, 0.15) is 0 Å². The zero-order chi connectivity index (χ0) is 20.8. The van der Waals surface area contributed by atoms with E-state index < -0.39 is 6.04 Å². The lowest BCUT2D eigenvalue weighted by Crippen LogP contribution is -2.31. The van der Waals surface area contributed by atoms with Crippen molar-refractivity contribution in [2.24, 2.45) is 0 Å². The SMILES string of the molecule is O=C(CC(NC(=O)c1ccccc1Cl)c1ccccc1)Nc1ccc(Br)cc1Cl. The predicted octanol–water partition coefficient (Wildman–Crippen LogP) is 6.26. The van der Waals surface area contributed by atoms with Gasteiger partial charge in [0.25, 0.3) is 5.91 Å². The first kappa shape index (κ1) is 21.4. The molecule has 1 unspecified atom stereocenters. The van der Waals surface area contributed by atoms with Crippen LogP contribution in [0.25, 0.3) is 0 Å². The topological polar surface area (TPSA) is 58.2 Å². The van der Waals surface area contributed by atoms with E-state index in [1.54, 1.807) is 42.5 Å². The molecule has 0 saturated carbocycles. The third kappa shape index (κ3) is 5.82. The minimum Gasteiger partial charge on any atom is -0.345 e. The summed E-state index contributed by atoms with van der Waals surface area (Å²) in [5.74, 6) is -0.624. The largest absolute Gasteiger partial charge is 0.345 e. The van der Waals surface area contributed by atoms with Crippen LogP contribution in [0.1, 0.15) is 28.4 Å². The van der Waals surface area contributed by atoms with Crippen LogP contribution < -0.4 is 10.6 Å². The van der Waals surface area contributed by atoms with Crippen LogP contribution in [0.4, 0.5) is 5.69 Å². The van der Waals surface area contributed by atoms with Gasteiger partial charge in [-0.15, -0.1) is 0 Å². The Morgan fingerprint density at radius 3 is 2.28 bits per heavy atom. The molecule has 3 aromatic rings. The molecule has 0 saturated heterocycles. The van der Waals surface area contributed by atoms with E-state index in [-0.39, 0.29) is 18.2 Å². The average molecular weight is 492 g/mol. The van der Waals surface area contributed by atoms with Gasteiger partial charge in [0, 0.05) is 4.47 Å². The second-order valence-electron chi connectivity index (χ2n) is 6.29. The first-order chi connectivity index (χ1) is 13.9. The summed E-state index contributed by atoms with van der Waals surface area (Å²) in [4.78, 5) is 25.4. The summed E-state index contributed by atoms with van der Waals surface area (Å²) in [5, 5.41) is 6.47. The number of halogens is 3. The fourth-order valence-electron chi connectivity index (χ4n) is 2.80. The summed E-state index contributed by atoms with van der Waals surface area (Å²) in [6.07, 6.45) is 0.0343. The Morgan fingerprint density at radius 1 is 0.897 bits per heavy atom. The van der Waals surface area contributed by atoms with E-state index >= 15 is 0 Å². The van der Waals surface area contributed by atoms with Crippen molar-refractivity contribution >= 4 is 56.6 Å². The average Bonchev–Trinajstić information content (AvgIpc) is 2.70. The van der Waals surface area contributed by atoms with Crippen molar-refractivity contribution in [3.05, 3.63) is 98.4 Å². The van der Waals surface area contributed by atoms with Gasteiger partial charge in [0.15, 0.2) is 0 Å². The molecule has 29 heavy (non-hydrogen) atoms. The highest BCUT2D eigenvalue weighted by Crippen LogP contribution is 2.27. The number of carbonyl (C=O) groups excluding carboxylic acids is 2. The third-order valence-corrected chi connectivity index (χ3v) is 5.36. The smallest absolute Gasteiger partial charge is 0.253 e. The van der Waals surface area contributed by atoms with Crippen LogP contribution in [0.15, 0.2) is 77.3 Å². The molecule has 0 bridgehead atoms. The Kier molecular flexibility index (Phi) is 7.31. The Morgan fingerprint density at radius 2 is 1.59 bits per heavy atom. The highest BCUT2D eigenvalue weighted by atomic mass is 79.9. The van der Waals surface area contributed by atoms with E-state index in [0.717, 1.165) is 10.0 Å². The van der Waals surface area contributed by atoms with Crippen molar-refractivity contribution < 1.29 is 9.59 Å².